The lowest BCUT2D eigenvalue weighted by Gasteiger charge is -2.18. The summed E-state index contributed by atoms with van der Waals surface area (Å²) in [6, 6.07) is 4.25. The number of sulfonamides is 1. The van der Waals surface area contributed by atoms with Crippen molar-refractivity contribution in [2.75, 3.05) is 11.4 Å². The first-order chi connectivity index (χ1) is 9.34. The number of carboxylic acid groups (broad SMARTS) is 1. The van der Waals surface area contributed by atoms with Gasteiger partial charge in [0, 0.05) is 19.4 Å². The highest BCUT2D eigenvalue weighted by atomic mass is 79.9. The molecule has 0 saturated heterocycles. The topological polar surface area (TPSA) is 87.6 Å². The molecule has 0 atom stereocenters. The number of anilines is 1. The maximum atomic E-state index is 12.5. The number of hydrogen-bond donors (Lipinski definition) is 1. The molecule has 0 aliphatic heterocycles. The molecule has 2 rings (SSSR count). The van der Waals surface area contributed by atoms with E-state index in [1.165, 1.54) is 19.4 Å². The third kappa shape index (κ3) is 2.69. The largest absolute Gasteiger partial charge is 0.477 e. The highest BCUT2D eigenvalue weighted by molar-refractivity contribution is 9.11. The number of carboxylic acids is 1. The molecule has 6 nitrogen and oxygen atoms in total. The van der Waals surface area contributed by atoms with Crippen LogP contribution >= 0.6 is 27.3 Å². The second-order valence-corrected chi connectivity index (χ2v) is 8.04. The van der Waals surface area contributed by atoms with Gasteiger partial charge in [-0.25, -0.2) is 13.2 Å². The number of aromatic carboxylic acids is 1. The Bertz CT molecular complexity index is 743. The van der Waals surface area contributed by atoms with Gasteiger partial charge in [-0.05, 0) is 34.1 Å². The number of hydrogen-bond acceptors (Lipinski definition) is 5. The summed E-state index contributed by atoms with van der Waals surface area (Å²) in [4.78, 5) is 14.6. The van der Waals surface area contributed by atoms with Gasteiger partial charge in [0.15, 0.2) is 0 Å². The number of carbonyl (C=O) groups is 1. The molecule has 1 N–H and O–H groups in total. The zero-order valence-electron chi connectivity index (χ0n) is 10.1. The molecule has 0 amide bonds. The highest BCUT2D eigenvalue weighted by Gasteiger charge is 2.27. The number of halogens is 1. The van der Waals surface area contributed by atoms with E-state index in [1.54, 1.807) is 12.1 Å². The van der Waals surface area contributed by atoms with Crippen LogP contribution in [0.1, 0.15) is 9.67 Å². The van der Waals surface area contributed by atoms with Crippen molar-refractivity contribution in [3.63, 3.8) is 0 Å². The zero-order valence-corrected chi connectivity index (χ0v) is 13.4. The number of pyridine rings is 1. The Morgan fingerprint density at radius 3 is 2.50 bits per heavy atom. The Hall–Kier alpha value is -1.45. The van der Waals surface area contributed by atoms with Gasteiger partial charge in [-0.3, -0.25) is 9.29 Å². The van der Waals surface area contributed by atoms with Crippen molar-refractivity contribution in [3.8, 4) is 0 Å². The molecule has 0 saturated carbocycles. The molecule has 0 fully saturated rings. The smallest absolute Gasteiger partial charge is 0.345 e. The Labute approximate surface area is 127 Å². The molecule has 0 aliphatic rings. The quantitative estimate of drug-likeness (QED) is 0.884. The van der Waals surface area contributed by atoms with Gasteiger partial charge in [-0.15, -0.1) is 11.3 Å². The Kier molecular flexibility index (Phi) is 4.11. The van der Waals surface area contributed by atoms with Crippen molar-refractivity contribution in [1.29, 1.82) is 0 Å². The van der Waals surface area contributed by atoms with E-state index in [9.17, 15) is 13.2 Å². The maximum absolute atomic E-state index is 12.5. The van der Waals surface area contributed by atoms with Crippen molar-refractivity contribution < 1.29 is 18.3 Å². The Balaban J connectivity index is 2.48. The van der Waals surface area contributed by atoms with Gasteiger partial charge < -0.3 is 5.11 Å². The summed E-state index contributed by atoms with van der Waals surface area (Å²) in [6.45, 7) is 0. The molecule has 0 radical (unpaired) electrons. The molecule has 20 heavy (non-hydrogen) atoms. The molecule has 2 aromatic rings. The minimum Gasteiger partial charge on any atom is -0.477 e. The van der Waals surface area contributed by atoms with E-state index in [0.717, 1.165) is 21.7 Å². The predicted octanol–water partition coefficient (Wildman–Crippen LogP) is 2.43. The minimum atomic E-state index is -3.83. The van der Waals surface area contributed by atoms with Crippen molar-refractivity contribution in [2.24, 2.45) is 0 Å². The van der Waals surface area contributed by atoms with Crippen LogP contribution in [0, 0.1) is 0 Å². The SMILES string of the molecule is CN(c1ccncc1)S(=O)(=O)c1cc(C(=O)O)sc1Br. The third-order valence-electron chi connectivity index (χ3n) is 2.53. The summed E-state index contributed by atoms with van der Waals surface area (Å²) in [5.74, 6) is -1.16. The van der Waals surface area contributed by atoms with Crippen LogP contribution in [0.3, 0.4) is 0 Å². The summed E-state index contributed by atoms with van der Waals surface area (Å²) < 4.78 is 26.3. The molecule has 106 valence electrons. The first kappa shape index (κ1) is 14.9. The van der Waals surface area contributed by atoms with Gasteiger partial charge in [-0.1, -0.05) is 0 Å². The van der Waals surface area contributed by atoms with Gasteiger partial charge in [-0.2, -0.15) is 0 Å². The van der Waals surface area contributed by atoms with Crippen molar-refractivity contribution >= 4 is 48.9 Å². The summed E-state index contributed by atoms with van der Waals surface area (Å²) in [7, 11) is -2.43. The van der Waals surface area contributed by atoms with E-state index >= 15 is 0 Å². The summed E-state index contributed by atoms with van der Waals surface area (Å²) >= 11 is 3.96. The number of nitrogens with zero attached hydrogens (tertiary/aromatic N) is 2. The van der Waals surface area contributed by atoms with Crippen LogP contribution in [-0.2, 0) is 10.0 Å². The van der Waals surface area contributed by atoms with Crippen LogP contribution in [0.4, 0.5) is 5.69 Å². The molecule has 0 unspecified atom stereocenters. The van der Waals surface area contributed by atoms with Gasteiger partial charge in [0.1, 0.15) is 9.77 Å². The lowest BCUT2D eigenvalue weighted by Crippen LogP contribution is -2.26. The minimum absolute atomic E-state index is 0.0430. The van der Waals surface area contributed by atoms with Gasteiger partial charge in [0.05, 0.1) is 9.47 Å². The molecule has 0 aliphatic carbocycles. The fourth-order valence-electron chi connectivity index (χ4n) is 1.47. The Morgan fingerprint density at radius 2 is 2.00 bits per heavy atom. The fraction of sp³-hybridized carbons (Fsp3) is 0.0909. The van der Waals surface area contributed by atoms with Crippen LogP contribution in [-0.4, -0.2) is 31.5 Å². The zero-order chi connectivity index (χ0) is 14.9. The second kappa shape index (κ2) is 5.51. The van der Waals surface area contributed by atoms with E-state index in [0.29, 0.717) is 5.69 Å². The lowest BCUT2D eigenvalue weighted by molar-refractivity contribution is 0.0702. The van der Waals surface area contributed by atoms with Crippen LogP contribution < -0.4 is 4.31 Å². The first-order valence-corrected chi connectivity index (χ1v) is 8.30. The van der Waals surface area contributed by atoms with E-state index < -0.39 is 16.0 Å². The monoisotopic (exact) mass is 376 g/mol. The maximum Gasteiger partial charge on any atom is 0.345 e. The second-order valence-electron chi connectivity index (χ2n) is 3.73. The molecule has 0 aromatic carbocycles. The third-order valence-corrected chi connectivity index (χ3v) is 6.56. The van der Waals surface area contributed by atoms with Gasteiger partial charge >= 0.3 is 5.97 Å². The van der Waals surface area contributed by atoms with Gasteiger partial charge in [0.25, 0.3) is 10.0 Å². The average molecular weight is 377 g/mol. The van der Waals surface area contributed by atoms with Crippen LogP contribution in [0.5, 0.6) is 0 Å². The van der Waals surface area contributed by atoms with Gasteiger partial charge in [0.2, 0.25) is 0 Å². The normalized spacial score (nSPS) is 11.3. The summed E-state index contributed by atoms with van der Waals surface area (Å²) in [5, 5.41) is 8.92. The molecule has 0 spiro atoms. The average Bonchev–Trinajstić information content (AvgIpc) is 2.82. The van der Waals surface area contributed by atoms with E-state index in [2.05, 4.69) is 20.9 Å². The van der Waals surface area contributed by atoms with E-state index in [4.69, 9.17) is 5.11 Å². The standard InChI is InChI=1S/C11H9BrN2O4S2/c1-14(7-2-4-13-5-3-7)20(17,18)9-6-8(11(15)16)19-10(9)12/h2-6H,1H3,(H,15,16). The molecule has 0 bridgehead atoms. The lowest BCUT2D eigenvalue weighted by atomic mass is 10.4. The molecule has 2 heterocycles. The number of thiophene rings is 1. The molecular weight excluding hydrogens is 368 g/mol. The van der Waals surface area contributed by atoms with Crippen LogP contribution in [0.2, 0.25) is 0 Å². The predicted molar refractivity (Wildman–Crippen MR) is 78.8 cm³/mol. The molecule has 9 heteroatoms. The first-order valence-electron chi connectivity index (χ1n) is 5.25. The summed E-state index contributed by atoms with van der Waals surface area (Å²) in [5.41, 5.74) is 0.440. The number of aromatic nitrogens is 1. The van der Waals surface area contributed by atoms with Crippen LogP contribution in [0.25, 0.3) is 0 Å². The highest BCUT2D eigenvalue weighted by Crippen LogP contribution is 2.34. The van der Waals surface area contributed by atoms with Crippen molar-refractivity contribution in [2.45, 2.75) is 4.90 Å². The van der Waals surface area contributed by atoms with Crippen molar-refractivity contribution in [3.05, 3.63) is 39.3 Å². The van der Waals surface area contributed by atoms with Crippen LogP contribution in [0.15, 0.2) is 39.3 Å². The van der Waals surface area contributed by atoms with E-state index in [-0.39, 0.29) is 13.6 Å². The summed E-state index contributed by atoms with van der Waals surface area (Å²) in [6.07, 6.45) is 2.96. The number of rotatable bonds is 4. The fourth-order valence-corrected chi connectivity index (χ4v) is 5.02. The Morgan fingerprint density at radius 1 is 1.40 bits per heavy atom. The van der Waals surface area contributed by atoms with Crippen molar-refractivity contribution in [1.82, 2.24) is 4.98 Å². The molecule has 2 aromatic heterocycles. The van der Waals surface area contributed by atoms with E-state index in [1.807, 2.05) is 0 Å². The molecular formula is C11H9BrN2O4S2.